The fraction of sp³-hybridized carbons (Fsp3) is 0.625. The van der Waals surface area contributed by atoms with E-state index < -0.39 is 23.5 Å². The summed E-state index contributed by atoms with van der Waals surface area (Å²) in [7, 11) is 0. The molecule has 1 unspecified atom stereocenters. The van der Waals surface area contributed by atoms with E-state index in [1.54, 1.807) is 0 Å². The molecular weight excluding hydrogens is 306 g/mol. The molecule has 0 heterocycles. The van der Waals surface area contributed by atoms with E-state index in [0.717, 1.165) is 25.0 Å². The molecule has 1 aromatic rings. The van der Waals surface area contributed by atoms with Crippen LogP contribution in [0.3, 0.4) is 0 Å². The highest BCUT2D eigenvalue weighted by molar-refractivity contribution is 5.33. The second-order valence-corrected chi connectivity index (χ2v) is 6.19. The molecule has 0 aliphatic heterocycles. The Morgan fingerprint density at radius 1 is 0.773 bits per heavy atom. The molecule has 0 radical (unpaired) electrons. The SMILES string of the molecule is CC(C)CCC(C)Cc1cc(C(F)(F)F)cc(C(F)(F)F)c1. The predicted molar refractivity (Wildman–Crippen MR) is 73.4 cm³/mol. The lowest BCUT2D eigenvalue weighted by atomic mass is 9.92. The first kappa shape index (κ1) is 18.8. The minimum Gasteiger partial charge on any atom is -0.166 e. The van der Waals surface area contributed by atoms with E-state index in [4.69, 9.17) is 0 Å². The number of benzene rings is 1. The van der Waals surface area contributed by atoms with Crippen molar-refractivity contribution >= 4 is 0 Å². The number of hydrogen-bond donors (Lipinski definition) is 0. The largest absolute Gasteiger partial charge is 0.416 e. The molecule has 6 heteroatoms. The normalized spacial score (nSPS) is 14.5. The Hall–Kier alpha value is -1.20. The Morgan fingerprint density at radius 3 is 1.59 bits per heavy atom. The van der Waals surface area contributed by atoms with Gasteiger partial charge in [-0.25, -0.2) is 0 Å². The summed E-state index contributed by atoms with van der Waals surface area (Å²) in [4.78, 5) is 0. The Kier molecular flexibility index (Phi) is 5.93. The molecule has 0 nitrogen and oxygen atoms in total. The highest BCUT2D eigenvalue weighted by Gasteiger charge is 2.36. The minimum absolute atomic E-state index is 0.0342. The summed E-state index contributed by atoms with van der Waals surface area (Å²) in [6.07, 6.45) is -7.68. The summed E-state index contributed by atoms with van der Waals surface area (Å²) in [6.45, 7) is 5.90. The van der Waals surface area contributed by atoms with Gasteiger partial charge in [0, 0.05) is 0 Å². The van der Waals surface area contributed by atoms with Crippen LogP contribution in [0.5, 0.6) is 0 Å². The molecule has 126 valence electrons. The first-order valence-electron chi connectivity index (χ1n) is 7.18. The topological polar surface area (TPSA) is 0 Å². The summed E-state index contributed by atoms with van der Waals surface area (Å²) in [5.41, 5.74) is -2.40. The quantitative estimate of drug-likeness (QED) is 0.554. The molecule has 22 heavy (non-hydrogen) atoms. The molecule has 0 fully saturated rings. The van der Waals surface area contributed by atoms with E-state index in [9.17, 15) is 26.3 Å². The lowest BCUT2D eigenvalue weighted by Crippen LogP contribution is -2.13. The van der Waals surface area contributed by atoms with Crippen LogP contribution in [0.25, 0.3) is 0 Å². The highest BCUT2D eigenvalue weighted by atomic mass is 19.4. The first-order chi connectivity index (χ1) is 9.89. The first-order valence-corrected chi connectivity index (χ1v) is 7.18. The van der Waals surface area contributed by atoms with E-state index in [-0.39, 0.29) is 24.0 Å². The van der Waals surface area contributed by atoms with E-state index >= 15 is 0 Å². The average molecular weight is 326 g/mol. The minimum atomic E-state index is -4.78. The van der Waals surface area contributed by atoms with Gasteiger partial charge >= 0.3 is 12.4 Å². The molecule has 0 N–H and O–H groups in total. The standard InChI is InChI=1S/C16H20F6/c1-10(2)4-5-11(3)6-12-7-13(15(17,18)19)9-14(8-12)16(20,21)22/h7-11H,4-6H2,1-3H3. The second kappa shape index (κ2) is 6.92. The molecule has 1 rings (SSSR count). The highest BCUT2D eigenvalue weighted by Crippen LogP contribution is 2.36. The third-order valence-corrected chi connectivity index (χ3v) is 3.47. The smallest absolute Gasteiger partial charge is 0.166 e. The Bertz CT molecular complexity index is 452. The van der Waals surface area contributed by atoms with Gasteiger partial charge in [0.2, 0.25) is 0 Å². The van der Waals surface area contributed by atoms with Gasteiger partial charge in [0.25, 0.3) is 0 Å². The van der Waals surface area contributed by atoms with Crippen LogP contribution in [-0.2, 0) is 18.8 Å². The van der Waals surface area contributed by atoms with Gasteiger partial charge in [-0.3, -0.25) is 0 Å². The number of halogens is 6. The monoisotopic (exact) mass is 326 g/mol. The van der Waals surface area contributed by atoms with Crippen molar-refractivity contribution in [3.63, 3.8) is 0 Å². The maximum absolute atomic E-state index is 12.8. The Labute approximate surface area is 126 Å². The van der Waals surface area contributed by atoms with Gasteiger partial charge in [-0.15, -0.1) is 0 Å². The van der Waals surface area contributed by atoms with E-state index in [0.29, 0.717) is 5.92 Å². The fourth-order valence-electron chi connectivity index (χ4n) is 2.26. The second-order valence-electron chi connectivity index (χ2n) is 6.19. The molecule has 0 aromatic heterocycles. The molecule has 0 aliphatic carbocycles. The molecule has 0 bridgehead atoms. The van der Waals surface area contributed by atoms with Crippen LogP contribution in [0.4, 0.5) is 26.3 Å². The number of alkyl halides is 6. The molecule has 0 amide bonds. The van der Waals surface area contributed by atoms with Gasteiger partial charge in [0.05, 0.1) is 11.1 Å². The molecule has 1 aromatic carbocycles. The van der Waals surface area contributed by atoms with Crippen LogP contribution in [0.2, 0.25) is 0 Å². The van der Waals surface area contributed by atoms with E-state index in [1.165, 1.54) is 0 Å². The van der Waals surface area contributed by atoms with Crippen LogP contribution < -0.4 is 0 Å². The molecule has 0 saturated carbocycles. The average Bonchev–Trinajstić information content (AvgIpc) is 2.34. The Balaban J connectivity index is 3.03. The zero-order chi connectivity index (χ0) is 17.1. The third kappa shape index (κ3) is 5.89. The van der Waals surface area contributed by atoms with Gasteiger partial charge < -0.3 is 0 Å². The van der Waals surface area contributed by atoms with Crippen molar-refractivity contribution in [1.29, 1.82) is 0 Å². The van der Waals surface area contributed by atoms with E-state index in [1.807, 2.05) is 20.8 Å². The molecular formula is C16H20F6. The van der Waals surface area contributed by atoms with Crippen LogP contribution in [-0.4, -0.2) is 0 Å². The fourth-order valence-corrected chi connectivity index (χ4v) is 2.26. The van der Waals surface area contributed by atoms with Crippen molar-refractivity contribution in [2.45, 2.75) is 52.4 Å². The summed E-state index contributed by atoms with van der Waals surface area (Å²) in [5.74, 6) is 0.488. The number of rotatable bonds is 5. The summed E-state index contributed by atoms with van der Waals surface area (Å²) >= 11 is 0. The maximum atomic E-state index is 12.8. The Morgan fingerprint density at radius 2 is 1.23 bits per heavy atom. The number of hydrogen-bond acceptors (Lipinski definition) is 0. The van der Waals surface area contributed by atoms with Gasteiger partial charge in [0.1, 0.15) is 0 Å². The lowest BCUT2D eigenvalue weighted by Gasteiger charge is -2.17. The zero-order valence-electron chi connectivity index (χ0n) is 12.8. The van der Waals surface area contributed by atoms with Crippen LogP contribution >= 0.6 is 0 Å². The van der Waals surface area contributed by atoms with Gasteiger partial charge in [-0.05, 0) is 42.0 Å². The van der Waals surface area contributed by atoms with Crippen molar-refractivity contribution in [2.75, 3.05) is 0 Å². The van der Waals surface area contributed by atoms with Gasteiger partial charge in [-0.2, -0.15) is 26.3 Å². The molecule has 0 aliphatic rings. The molecule has 1 atom stereocenters. The van der Waals surface area contributed by atoms with E-state index in [2.05, 4.69) is 0 Å². The van der Waals surface area contributed by atoms with Crippen molar-refractivity contribution in [1.82, 2.24) is 0 Å². The molecule has 0 saturated heterocycles. The van der Waals surface area contributed by atoms with Gasteiger partial charge in [0.15, 0.2) is 0 Å². The summed E-state index contributed by atoms with van der Waals surface area (Å²) < 4.78 is 76.6. The van der Waals surface area contributed by atoms with Crippen molar-refractivity contribution in [2.24, 2.45) is 11.8 Å². The lowest BCUT2D eigenvalue weighted by molar-refractivity contribution is -0.143. The summed E-state index contributed by atoms with van der Waals surface area (Å²) in [5, 5.41) is 0. The van der Waals surface area contributed by atoms with Crippen molar-refractivity contribution in [3.8, 4) is 0 Å². The van der Waals surface area contributed by atoms with Crippen LogP contribution in [0.1, 0.15) is 50.3 Å². The predicted octanol–water partition coefficient (Wildman–Crippen LogP) is 6.34. The van der Waals surface area contributed by atoms with Crippen LogP contribution in [0, 0.1) is 11.8 Å². The van der Waals surface area contributed by atoms with Crippen LogP contribution in [0.15, 0.2) is 18.2 Å². The van der Waals surface area contributed by atoms with Gasteiger partial charge in [-0.1, -0.05) is 33.6 Å². The molecule has 0 spiro atoms. The maximum Gasteiger partial charge on any atom is 0.416 e. The zero-order valence-corrected chi connectivity index (χ0v) is 12.8. The van der Waals surface area contributed by atoms with Crippen molar-refractivity contribution < 1.29 is 26.3 Å². The summed E-state index contributed by atoms with van der Waals surface area (Å²) in [6, 6.07) is 1.81. The third-order valence-electron chi connectivity index (χ3n) is 3.47. The van der Waals surface area contributed by atoms with Crippen molar-refractivity contribution in [3.05, 3.63) is 34.9 Å².